The fraction of sp³-hybridized carbons (Fsp3) is 0.833. The van der Waals surface area contributed by atoms with Crippen LogP contribution in [0.15, 0.2) is 22.3 Å². The van der Waals surface area contributed by atoms with E-state index in [-0.39, 0.29) is 23.6 Å². The maximum absolute atomic E-state index is 12.4. The molecule has 308 valence electrons. The van der Waals surface area contributed by atoms with E-state index in [0.717, 1.165) is 49.4 Å². The smallest absolute Gasteiger partial charge is 0.256 e. The van der Waals surface area contributed by atoms with E-state index in [9.17, 15) is 19.2 Å². The minimum atomic E-state index is -0.0887. The number of carbonyl (C=O) groups is 4. The van der Waals surface area contributed by atoms with Crippen LogP contribution < -0.4 is 0 Å². The van der Waals surface area contributed by atoms with E-state index in [1.807, 2.05) is 0 Å². The fourth-order valence-corrected chi connectivity index (χ4v) is 9.95. The third-order valence-electron chi connectivity index (χ3n) is 13.8. The quantitative estimate of drug-likeness (QED) is 0.0541. The highest BCUT2D eigenvalue weighted by Gasteiger charge is 2.38. The third-order valence-corrected chi connectivity index (χ3v) is 13.8. The van der Waals surface area contributed by atoms with Crippen molar-refractivity contribution in [1.82, 2.24) is 9.80 Å². The molecule has 6 nitrogen and oxygen atoms in total. The van der Waals surface area contributed by atoms with Crippen molar-refractivity contribution in [3.05, 3.63) is 22.3 Å². The van der Waals surface area contributed by atoms with Crippen LogP contribution in [0.5, 0.6) is 0 Å². The maximum atomic E-state index is 12.4. The summed E-state index contributed by atoms with van der Waals surface area (Å²) in [5.74, 6) is 3.26. The molecule has 0 saturated heterocycles. The van der Waals surface area contributed by atoms with Gasteiger partial charge >= 0.3 is 0 Å². The second-order valence-corrected chi connectivity index (χ2v) is 17.7. The first-order valence-electron chi connectivity index (χ1n) is 23.2. The van der Waals surface area contributed by atoms with E-state index in [4.69, 9.17) is 0 Å². The number of carbonyl (C=O) groups excluding carboxylic acids is 4. The lowest BCUT2D eigenvalue weighted by Crippen LogP contribution is -2.35. The molecule has 2 aliphatic heterocycles. The number of rotatable bonds is 30. The van der Waals surface area contributed by atoms with Crippen LogP contribution in [-0.4, -0.2) is 46.5 Å². The summed E-state index contributed by atoms with van der Waals surface area (Å²) in [7, 11) is 0. The summed E-state index contributed by atoms with van der Waals surface area (Å²) < 4.78 is 0. The van der Waals surface area contributed by atoms with Gasteiger partial charge in [-0.1, -0.05) is 155 Å². The monoisotopic (exact) mass is 751 g/mol. The Morgan fingerprint density at radius 3 is 0.963 bits per heavy atom. The average molecular weight is 751 g/mol. The minimum absolute atomic E-state index is 0.0886. The van der Waals surface area contributed by atoms with Crippen molar-refractivity contribution < 1.29 is 19.2 Å². The second kappa shape index (κ2) is 25.8. The van der Waals surface area contributed by atoms with E-state index in [1.165, 1.54) is 164 Å². The molecule has 4 amide bonds. The van der Waals surface area contributed by atoms with E-state index < -0.39 is 0 Å². The lowest BCUT2D eigenvalue weighted by molar-refractivity contribution is -0.139. The van der Waals surface area contributed by atoms with Gasteiger partial charge in [-0.3, -0.25) is 29.0 Å². The molecule has 54 heavy (non-hydrogen) atoms. The molecule has 3 aliphatic rings. The molecule has 0 bridgehead atoms. The molecule has 0 spiro atoms. The van der Waals surface area contributed by atoms with Crippen molar-refractivity contribution in [1.29, 1.82) is 0 Å². The minimum Gasteiger partial charge on any atom is -0.275 e. The van der Waals surface area contributed by atoms with E-state index in [1.54, 1.807) is 27.7 Å². The van der Waals surface area contributed by atoms with Gasteiger partial charge in [0.15, 0.2) is 0 Å². The van der Waals surface area contributed by atoms with Crippen LogP contribution in [0.3, 0.4) is 0 Å². The van der Waals surface area contributed by atoms with Gasteiger partial charge in [-0.05, 0) is 89.9 Å². The lowest BCUT2D eigenvalue weighted by atomic mass is 9.61. The zero-order chi connectivity index (χ0) is 39.3. The molecule has 1 saturated carbocycles. The SMILES string of the molecule is CCCCCCCCC1C(CCCCCCCCN2C(=O)C(C)=C(C)C2=O)CCC(CCCCCCCCN2C(=O)C(C)=C(C)C2=O)C1CCCCCC. The number of amides is 4. The Hall–Kier alpha value is -2.24. The van der Waals surface area contributed by atoms with Crippen molar-refractivity contribution in [2.75, 3.05) is 13.1 Å². The summed E-state index contributed by atoms with van der Waals surface area (Å²) in [6.45, 7) is 12.9. The Balaban J connectivity index is 1.43. The van der Waals surface area contributed by atoms with Crippen molar-refractivity contribution in [2.45, 2.75) is 221 Å². The van der Waals surface area contributed by atoms with Gasteiger partial charge in [0, 0.05) is 35.4 Å². The first-order chi connectivity index (χ1) is 26.1. The summed E-state index contributed by atoms with van der Waals surface area (Å²) >= 11 is 0. The topological polar surface area (TPSA) is 74.8 Å². The molecule has 0 N–H and O–H groups in total. The molecule has 3 rings (SSSR count). The molecule has 4 atom stereocenters. The van der Waals surface area contributed by atoms with Gasteiger partial charge in [0.1, 0.15) is 0 Å². The predicted octanol–water partition coefficient (Wildman–Crippen LogP) is 12.8. The molecule has 0 radical (unpaired) electrons. The number of hydrogen-bond acceptors (Lipinski definition) is 4. The summed E-state index contributed by atoms with van der Waals surface area (Å²) in [6.07, 6.45) is 36.7. The van der Waals surface area contributed by atoms with E-state index in [0.29, 0.717) is 35.4 Å². The first kappa shape index (κ1) is 46.1. The highest BCUT2D eigenvalue weighted by atomic mass is 16.2. The van der Waals surface area contributed by atoms with Gasteiger partial charge in [-0.2, -0.15) is 0 Å². The molecule has 1 fully saturated rings. The first-order valence-corrected chi connectivity index (χ1v) is 23.2. The highest BCUT2D eigenvalue weighted by Crippen LogP contribution is 2.48. The summed E-state index contributed by atoms with van der Waals surface area (Å²) in [5.41, 5.74) is 2.47. The zero-order valence-corrected chi connectivity index (χ0v) is 36.1. The van der Waals surface area contributed by atoms with Crippen LogP contribution in [0.4, 0.5) is 0 Å². The van der Waals surface area contributed by atoms with Gasteiger partial charge in [-0.15, -0.1) is 0 Å². The highest BCUT2D eigenvalue weighted by molar-refractivity contribution is 6.19. The van der Waals surface area contributed by atoms with Crippen LogP contribution in [0.1, 0.15) is 221 Å². The van der Waals surface area contributed by atoms with Crippen LogP contribution in [0.2, 0.25) is 0 Å². The van der Waals surface area contributed by atoms with Crippen molar-refractivity contribution in [3.63, 3.8) is 0 Å². The number of imide groups is 2. The largest absolute Gasteiger partial charge is 0.275 e. The number of unbranched alkanes of at least 4 members (excludes halogenated alkanes) is 18. The molecular weight excluding hydrogens is 669 g/mol. The normalized spacial score (nSPS) is 22.3. The van der Waals surface area contributed by atoms with Crippen LogP contribution >= 0.6 is 0 Å². The predicted molar refractivity (Wildman–Crippen MR) is 225 cm³/mol. The zero-order valence-electron chi connectivity index (χ0n) is 36.1. The Labute approximate surface area is 332 Å². The summed E-state index contributed by atoms with van der Waals surface area (Å²) in [6, 6.07) is 0. The molecule has 1 aliphatic carbocycles. The Bertz CT molecular complexity index is 1180. The van der Waals surface area contributed by atoms with Gasteiger partial charge in [0.2, 0.25) is 0 Å². The molecule has 0 aromatic rings. The Morgan fingerprint density at radius 1 is 0.370 bits per heavy atom. The Kier molecular flexibility index (Phi) is 22.1. The van der Waals surface area contributed by atoms with Crippen molar-refractivity contribution >= 4 is 23.6 Å². The Morgan fingerprint density at radius 2 is 0.630 bits per heavy atom. The number of hydrogen-bond donors (Lipinski definition) is 0. The van der Waals surface area contributed by atoms with Crippen LogP contribution in [-0.2, 0) is 19.2 Å². The van der Waals surface area contributed by atoms with Gasteiger partial charge in [-0.25, -0.2) is 0 Å². The van der Waals surface area contributed by atoms with E-state index >= 15 is 0 Å². The maximum Gasteiger partial charge on any atom is 0.256 e. The van der Waals surface area contributed by atoms with E-state index in [2.05, 4.69) is 13.8 Å². The summed E-state index contributed by atoms with van der Waals surface area (Å²) in [5, 5.41) is 0. The molecule has 4 unspecified atom stereocenters. The standard InChI is InChI=1S/C48H82N2O4/c1-7-9-11-13-20-26-32-44-42(30-24-19-15-17-22-28-36-50-47(53)39(5)40(6)48(50)54)34-33-41(43(44)31-25-12-10-8-2)29-23-18-14-16-21-27-35-49-45(51)37(3)38(4)46(49)52/h41-44H,7-36H2,1-6H3. The van der Waals surface area contributed by atoms with Crippen molar-refractivity contribution in [2.24, 2.45) is 23.7 Å². The van der Waals surface area contributed by atoms with Crippen LogP contribution in [0, 0.1) is 23.7 Å². The van der Waals surface area contributed by atoms with Gasteiger partial charge < -0.3 is 0 Å². The molecule has 0 aromatic carbocycles. The molecule has 6 heteroatoms. The molecule has 2 heterocycles. The number of nitrogens with zero attached hydrogens (tertiary/aromatic N) is 2. The second-order valence-electron chi connectivity index (χ2n) is 17.7. The molecule has 0 aromatic heterocycles. The van der Waals surface area contributed by atoms with Crippen LogP contribution in [0.25, 0.3) is 0 Å². The summed E-state index contributed by atoms with van der Waals surface area (Å²) in [4.78, 5) is 52.4. The molecular formula is C48H82N2O4. The van der Waals surface area contributed by atoms with Gasteiger partial charge in [0.05, 0.1) is 0 Å². The third kappa shape index (κ3) is 14.4. The van der Waals surface area contributed by atoms with Crippen molar-refractivity contribution in [3.8, 4) is 0 Å². The lowest BCUT2D eigenvalue weighted by Gasteiger charge is -2.44. The van der Waals surface area contributed by atoms with Gasteiger partial charge in [0.25, 0.3) is 23.6 Å². The average Bonchev–Trinajstić information content (AvgIpc) is 3.47. The fourth-order valence-electron chi connectivity index (χ4n) is 9.95.